The Morgan fingerprint density at radius 3 is 2.23 bits per heavy atom. The van der Waals surface area contributed by atoms with Crippen LogP contribution in [0.5, 0.6) is 0 Å². The lowest BCUT2D eigenvalue weighted by Gasteiger charge is -2.25. The maximum Gasteiger partial charge on any atom is 0.320 e. The Hall–Kier alpha value is -0.650. The molecule has 0 aliphatic rings. The average molecular weight is 191 g/mol. The summed E-state index contributed by atoms with van der Waals surface area (Å²) in [6.45, 7) is 6.73. The van der Waals surface area contributed by atoms with Gasteiger partial charge in [-0.25, -0.2) is 0 Å². The second-order valence-corrected chi connectivity index (χ2v) is 3.81. The van der Waals surface area contributed by atoms with E-state index in [1.165, 1.54) is 6.92 Å². The van der Waals surface area contributed by atoms with Crippen LogP contribution in [0, 0.1) is 0 Å². The molecule has 0 saturated carbocycles. The molecule has 2 atom stereocenters. The Morgan fingerprint density at radius 2 is 1.92 bits per heavy atom. The van der Waals surface area contributed by atoms with Gasteiger partial charge in [0.05, 0.1) is 5.60 Å². The third-order valence-electron chi connectivity index (χ3n) is 1.23. The summed E-state index contributed by atoms with van der Waals surface area (Å²) in [7, 11) is 0. The van der Waals surface area contributed by atoms with E-state index in [2.05, 4.69) is 5.32 Å². The van der Waals surface area contributed by atoms with Crippen LogP contribution in [0.2, 0.25) is 0 Å². The van der Waals surface area contributed by atoms with Crippen molar-refractivity contribution in [3.05, 3.63) is 0 Å². The molecular weight excluding hydrogens is 174 g/mol. The standard InChI is InChI=1S/C8H17NO4/c1-5(6(10)11)9-7(12)13-8(2,3)4/h5,7,9,12H,1-4H3,(H,10,11). The maximum atomic E-state index is 10.4. The second kappa shape index (κ2) is 4.55. The highest BCUT2D eigenvalue weighted by Crippen LogP contribution is 2.08. The molecule has 0 aromatic heterocycles. The Labute approximate surface area is 77.7 Å². The third-order valence-corrected chi connectivity index (χ3v) is 1.23. The van der Waals surface area contributed by atoms with E-state index in [1.807, 2.05) is 0 Å². The van der Waals surface area contributed by atoms with Crippen LogP contribution in [-0.4, -0.2) is 34.2 Å². The Balaban J connectivity index is 3.88. The summed E-state index contributed by atoms with van der Waals surface area (Å²) < 4.78 is 5.04. The van der Waals surface area contributed by atoms with Gasteiger partial charge in [0.1, 0.15) is 6.04 Å². The quantitative estimate of drug-likeness (QED) is 0.551. The van der Waals surface area contributed by atoms with E-state index in [0.29, 0.717) is 0 Å². The van der Waals surface area contributed by atoms with Crippen LogP contribution < -0.4 is 5.32 Å². The first kappa shape index (κ1) is 12.3. The molecule has 5 nitrogen and oxygen atoms in total. The minimum absolute atomic E-state index is 0.509. The molecule has 0 bridgehead atoms. The van der Waals surface area contributed by atoms with Gasteiger partial charge in [0.25, 0.3) is 0 Å². The number of rotatable bonds is 4. The van der Waals surface area contributed by atoms with Crippen molar-refractivity contribution in [2.45, 2.75) is 45.8 Å². The predicted octanol–water partition coefficient (Wildman–Crippen LogP) is 0.140. The van der Waals surface area contributed by atoms with Gasteiger partial charge in [-0.1, -0.05) is 0 Å². The molecule has 0 radical (unpaired) electrons. The van der Waals surface area contributed by atoms with E-state index < -0.39 is 24.0 Å². The van der Waals surface area contributed by atoms with Crippen molar-refractivity contribution in [3.63, 3.8) is 0 Å². The molecule has 13 heavy (non-hydrogen) atoms. The lowest BCUT2D eigenvalue weighted by molar-refractivity contribution is -0.188. The average Bonchev–Trinajstić information content (AvgIpc) is 1.81. The summed E-state index contributed by atoms with van der Waals surface area (Å²) in [5.41, 5.74) is -0.509. The first-order valence-corrected chi connectivity index (χ1v) is 4.07. The van der Waals surface area contributed by atoms with Crippen molar-refractivity contribution in [1.82, 2.24) is 5.32 Å². The molecule has 2 unspecified atom stereocenters. The van der Waals surface area contributed by atoms with E-state index in [-0.39, 0.29) is 0 Å². The molecule has 78 valence electrons. The van der Waals surface area contributed by atoms with E-state index in [9.17, 15) is 9.90 Å². The highest BCUT2D eigenvalue weighted by atomic mass is 16.6. The third kappa shape index (κ3) is 6.51. The molecule has 0 aliphatic carbocycles. The number of ether oxygens (including phenoxy) is 1. The number of hydrogen-bond acceptors (Lipinski definition) is 4. The fourth-order valence-corrected chi connectivity index (χ4v) is 0.654. The van der Waals surface area contributed by atoms with Crippen molar-refractivity contribution < 1.29 is 19.7 Å². The van der Waals surface area contributed by atoms with E-state index >= 15 is 0 Å². The number of hydrogen-bond donors (Lipinski definition) is 3. The van der Waals surface area contributed by atoms with Crippen molar-refractivity contribution in [1.29, 1.82) is 0 Å². The Kier molecular flexibility index (Phi) is 4.32. The molecule has 0 rings (SSSR count). The first-order valence-electron chi connectivity index (χ1n) is 4.07. The van der Waals surface area contributed by atoms with Gasteiger partial charge in [-0.05, 0) is 27.7 Å². The SMILES string of the molecule is CC(NC(O)OC(C)(C)C)C(=O)O. The molecule has 3 N–H and O–H groups in total. The molecular formula is C8H17NO4. The number of aliphatic hydroxyl groups is 1. The van der Waals surface area contributed by atoms with Crippen LogP contribution in [0.3, 0.4) is 0 Å². The maximum absolute atomic E-state index is 10.4. The monoisotopic (exact) mass is 191 g/mol. The topological polar surface area (TPSA) is 78.8 Å². The fourth-order valence-electron chi connectivity index (χ4n) is 0.654. The van der Waals surface area contributed by atoms with Crippen molar-refractivity contribution >= 4 is 5.97 Å². The van der Waals surface area contributed by atoms with E-state index in [0.717, 1.165) is 0 Å². The van der Waals surface area contributed by atoms with Crippen LogP contribution in [-0.2, 0) is 9.53 Å². The lowest BCUT2D eigenvalue weighted by atomic mass is 10.2. The zero-order valence-corrected chi connectivity index (χ0v) is 8.37. The van der Waals surface area contributed by atoms with Gasteiger partial charge >= 0.3 is 5.97 Å². The van der Waals surface area contributed by atoms with Gasteiger partial charge in [-0.3, -0.25) is 10.1 Å². The highest BCUT2D eigenvalue weighted by molar-refractivity contribution is 5.72. The fraction of sp³-hybridized carbons (Fsp3) is 0.875. The normalized spacial score (nSPS) is 16.7. The van der Waals surface area contributed by atoms with E-state index in [1.54, 1.807) is 20.8 Å². The number of nitrogens with one attached hydrogen (secondary N) is 1. The summed E-state index contributed by atoms with van der Waals surface area (Å²) >= 11 is 0. The molecule has 0 aromatic carbocycles. The largest absolute Gasteiger partial charge is 0.480 e. The summed E-state index contributed by atoms with van der Waals surface area (Å²) in [6, 6.07) is -0.836. The zero-order valence-electron chi connectivity index (χ0n) is 8.37. The van der Waals surface area contributed by atoms with Crippen LogP contribution >= 0.6 is 0 Å². The number of carbonyl (C=O) groups is 1. The van der Waals surface area contributed by atoms with Crippen LogP contribution in [0.15, 0.2) is 0 Å². The second-order valence-electron chi connectivity index (χ2n) is 3.81. The van der Waals surface area contributed by atoms with Crippen LogP contribution in [0.1, 0.15) is 27.7 Å². The number of carboxylic acids is 1. The number of aliphatic hydroxyl groups excluding tert-OH is 1. The van der Waals surface area contributed by atoms with Gasteiger partial charge in [0.15, 0.2) is 0 Å². The Bertz CT molecular complexity index is 175. The van der Waals surface area contributed by atoms with Gasteiger partial charge in [0, 0.05) is 0 Å². The lowest BCUT2D eigenvalue weighted by Crippen LogP contribution is -2.45. The molecule has 0 heterocycles. The predicted molar refractivity (Wildman–Crippen MR) is 47.1 cm³/mol. The molecule has 0 aliphatic heterocycles. The number of carboxylic acid groups (broad SMARTS) is 1. The summed E-state index contributed by atoms with van der Waals surface area (Å²) in [6.07, 6.45) is -1.26. The Morgan fingerprint density at radius 1 is 1.46 bits per heavy atom. The van der Waals surface area contributed by atoms with E-state index in [4.69, 9.17) is 9.84 Å². The summed E-state index contributed by atoms with van der Waals surface area (Å²) in [5, 5.41) is 20.1. The van der Waals surface area contributed by atoms with Crippen molar-refractivity contribution in [2.24, 2.45) is 0 Å². The highest BCUT2D eigenvalue weighted by Gasteiger charge is 2.20. The minimum atomic E-state index is -1.26. The van der Waals surface area contributed by atoms with Crippen LogP contribution in [0.4, 0.5) is 0 Å². The van der Waals surface area contributed by atoms with Gasteiger partial charge in [-0.15, -0.1) is 0 Å². The summed E-state index contributed by atoms with van der Waals surface area (Å²) in [5.74, 6) is -1.03. The zero-order chi connectivity index (χ0) is 10.6. The van der Waals surface area contributed by atoms with Crippen LogP contribution in [0.25, 0.3) is 0 Å². The molecule has 0 amide bonds. The molecule has 0 fully saturated rings. The van der Waals surface area contributed by atoms with Gasteiger partial charge in [0.2, 0.25) is 6.41 Å². The molecule has 5 heteroatoms. The van der Waals surface area contributed by atoms with Crippen molar-refractivity contribution in [3.8, 4) is 0 Å². The number of aliphatic carboxylic acids is 1. The first-order chi connectivity index (χ1) is 5.72. The minimum Gasteiger partial charge on any atom is -0.480 e. The molecule has 0 aromatic rings. The molecule has 0 spiro atoms. The molecule has 0 saturated heterocycles. The summed E-state index contributed by atoms with van der Waals surface area (Å²) in [4.78, 5) is 10.4. The van der Waals surface area contributed by atoms with Crippen molar-refractivity contribution in [2.75, 3.05) is 0 Å². The van der Waals surface area contributed by atoms with Gasteiger partial charge in [-0.2, -0.15) is 0 Å². The van der Waals surface area contributed by atoms with Gasteiger partial charge < -0.3 is 14.9 Å². The smallest absolute Gasteiger partial charge is 0.320 e.